The number of hydrogen-bond donors (Lipinski definition) is 1. The maximum Gasteiger partial charge on any atom is 0.254 e. The topological polar surface area (TPSA) is 58.6 Å². The lowest BCUT2D eigenvalue weighted by atomic mass is 9.86. The predicted octanol–water partition coefficient (Wildman–Crippen LogP) is 2.41. The van der Waals surface area contributed by atoms with E-state index in [1.807, 2.05) is 30.9 Å². The summed E-state index contributed by atoms with van der Waals surface area (Å²) in [7, 11) is 0. The van der Waals surface area contributed by atoms with E-state index in [0.717, 1.165) is 11.3 Å². The summed E-state index contributed by atoms with van der Waals surface area (Å²) in [6, 6.07) is 5.51. The predicted molar refractivity (Wildman–Crippen MR) is 88.6 cm³/mol. The zero-order chi connectivity index (χ0) is 16.8. The molecule has 2 amide bonds. The number of rotatable bonds is 2. The molecule has 124 valence electrons. The lowest BCUT2D eigenvalue weighted by molar-refractivity contribution is -0.119. The lowest BCUT2D eigenvalue weighted by Gasteiger charge is -2.35. The fourth-order valence-corrected chi connectivity index (χ4v) is 3.17. The fourth-order valence-electron chi connectivity index (χ4n) is 3.17. The highest BCUT2D eigenvalue weighted by Gasteiger charge is 2.38. The first-order valence-electron chi connectivity index (χ1n) is 8.17. The minimum atomic E-state index is -0.543. The summed E-state index contributed by atoms with van der Waals surface area (Å²) in [6.45, 7) is 9.79. The van der Waals surface area contributed by atoms with E-state index < -0.39 is 5.41 Å². The van der Waals surface area contributed by atoms with Crippen molar-refractivity contribution in [2.75, 3.05) is 25.0 Å². The van der Waals surface area contributed by atoms with E-state index in [1.165, 1.54) is 0 Å². The Hall–Kier alpha value is -1.88. The van der Waals surface area contributed by atoms with Gasteiger partial charge in [-0.25, -0.2) is 0 Å². The van der Waals surface area contributed by atoms with Gasteiger partial charge in [0.05, 0.1) is 18.1 Å². The Bertz CT molecular complexity index is 652. The van der Waals surface area contributed by atoms with Crippen LogP contribution in [0.2, 0.25) is 0 Å². The molecular formula is C18H24N2O3. The first-order valence-corrected chi connectivity index (χ1v) is 8.17. The third-order valence-electron chi connectivity index (χ3n) is 4.88. The molecule has 0 aromatic heterocycles. The summed E-state index contributed by atoms with van der Waals surface area (Å²) < 4.78 is 5.72. The van der Waals surface area contributed by atoms with Crippen molar-refractivity contribution in [2.24, 2.45) is 5.92 Å². The number of anilines is 1. The molecule has 23 heavy (non-hydrogen) atoms. The van der Waals surface area contributed by atoms with Gasteiger partial charge in [-0.3, -0.25) is 9.59 Å². The molecule has 0 bridgehead atoms. The van der Waals surface area contributed by atoms with Gasteiger partial charge in [0.25, 0.3) is 5.91 Å². The summed E-state index contributed by atoms with van der Waals surface area (Å²) >= 11 is 0. The Morgan fingerprint density at radius 1 is 1.39 bits per heavy atom. The number of morpholine rings is 1. The van der Waals surface area contributed by atoms with Gasteiger partial charge in [-0.05, 0) is 37.5 Å². The van der Waals surface area contributed by atoms with E-state index in [9.17, 15) is 9.59 Å². The van der Waals surface area contributed by atoms with Crippen LogP contribution in [0, 0.1) is 5.92 Å². The van der Waals surface area contributed by atoms with Gasteiger partial charge in [0.15, 0.2) is 0 Å². The third kappa shape index (κ3) is 2.74. The van der Waals surface area contributed by atoms with Crippen molar-refractivity contribution in [3.63, 3.8) is 0 Å². The van der Waals surface area contributed by atoms with Gasteiger partial charge >= 0.3 is 0 Å². The lowest BCUT2D eigenvalue weighted by Crippen LogP contribution is -2.47. The summed E-state index contributed by atoms with van der Waals surface area (Å²) in [4.78, 5) is 26.6. The molecule has 0 spiro atoms. The zero-order valence-corrected chi connectivity index (χ0v) is 14.2. The molecule has 0 aliphatic carbocycles. The van der Waals surface area contributed by atoms with E-state index >= 15 is 0 Å². The van der Waals surface area contributed by atoms with Crippen LogP contribution >= 0.6 is 0 Å². The highest BCUT2D eigenvalue weighted by Crippen LogP contribution is 2.37. The summed E-state index contributed by atoms with van der Waals surface area (Å²) in [5, 5.41) is 2.88. The molecule has 5 nitrogen and oxygen atoms in total. The second-order valence-corrected chi connectivity index (χ2v) is 7.24. The molecule has 1 atom stereocenters. The molecule has 2 heterocycles. The average Bonchev–Trinajstić information content (AvgIpc) is 2.76. The van der Waals surface area contributed by atoms with E-state index in [1.54, 1.807) is 6.07 Å². The average molecular weight is 316 g/mol. The van der Waals surface area contributed by atoms with Crippen LogP contribution in [0.3, 0.4) is 0 Å². The third-order valence-corrected chi connectivity index (χ3v) is 4.88. The van der Waals surface area contributed by atoms with Gasteiger partial charge in [-0.1, -0.05) is 19.9 Å². The van der Waals surface area contributed by atoms with Crippen LogP contribution in [0.15, 0.2) is 18.2 Å². The summed E-state index contributed by atoms with van der Waals surface area (Å²) in [5.74, 6) is 0.356. The zero-order valence-electron chi connectivity index (χ0n) is 14.2. The van der Waals surface area contributed by atoms with Crippen LogP contribution in [-0.2, 0) is 14.9 Å². The van der Waals surface area contributed by atoms with Crippen LogP contribution in [0.4, 0.5) is 5.69 Å². The molecule has 2 aliphatic heterocycles. The van der Waals surface area contributed by atoms with Crippen molar-refractivity contribution >= 4 is 17.5 Å². The van der Waals surface area contributed by atoms with Crippen molar-refractivity contribution in [1.29, 1.82) is 0 Å². The minimum Gasteiger partial charge on any atom is -0.374 e. The first kappa shape index (κ1) is 16.0. The number of amides is 2. The Balaban J connectivity index is 1.82. The Morgan fingerprint density at radius 2 is 2.13 bits per heavy atom. The van der Waals surface area contributed by atoms with Crippen molar-refractivity contribution in [1.82, 2.24) is 4.90 Å². The van der Waals surface area contributed by atoms with Crippen molar-refractivity contribution in [3.8, 4) is 0 Å². The van der Waals surface area contributed by atoms with E-state index in [2.05, 4.69) is 19.2 Å². The fraction of sp³-hybridized carbons (Fsp3) is 0.556. The molecule has 0 saturated carbocycles. The molecular weight excluding hydrogens is 292 g/mol. The number of carbonyl (C=O) groups is 2. The van der Waals surface area contributed by atoms with E-state index in [-0.39, 0.29) is 17.9 Å². The van der Waals surface area contributed by atoms with Gasteiger partial charge in [-0.15, -0.1) is 0 Å². The highest BCUT2D eigenvalue weighted by molar-refractivity contribution is 6.07. The summed E-state index contributed by atoms with van der Waals surface area (Å²) in [6.07, 6.45) is 0.0840. The molecule has 1 saturated heterocycles. The number of hydrogen-bond acceptors (Lipinski definition) is 3. The van der Waals surface area contributed by atoms with Gasteiger partial charge in [0, 0.05) is 24.3 Å². The quantitative estimate of drug-likeness (QED) is 0.911. The molecule has 2 aliphatic rings. The second kappa shape index (κ2) is 5.64. The number of nitrogens with zero attached hydrogens (tertiary/aromatic N) is 1. The van der Waals surface area contributed by atoms with Gasteiger partial charge < -0.3 is 15.0 Å². The standard InChI is InChI=1S/C18H24N2O3/c1-11(2)15-10-20(7-8-23-15)16(21)12-5-6-13-14(9-12)19-17(22)18(13,3)4/h5-6,9,11,15H,7-8,10H2,1-4H3,(H,19,22). The van der Waals surface area contributed by atoms with Gasteiger partial charge in [0.1, 0.15) is 0 Å². The van der Waals surface area contributed by atoms with E-state index in [4.69, 9.17) is 4.74 Å². The monoisotopic (exact) mass is 316 g/mol. The molecule has 1 unspecified atom stereocenters. The van der Waals surface area contributed by atoms with Crippen LogP contribution in [0.1, 0.15) is 43.6 Å². The van der Waals surface area contributed by atoms with Crippen molar-refractivity contribution < 1.29 is 14.3 Å². The van der Waals surface area contributed by atoms with Crippen LogP contribution in [0.5, 0.6) is 0 Å². The van der Waals surface area contributed by atoms with Crippen LogP contribution in [0.25, 0.3) is 0 Å². The second-order valence-electron chi connectivity index (χ2n) is 7.24. The van der Waals surface area contributed by atoms with Gasteiger partial charge in [-0.2, -0.15) is 0 Å². The maximum atomic E-state index is 12.8. The molecule has 1 N–H and O–H groups in total. The van der Waals surface area contributed by atoms with Crippen LogP contribution in [-0.4, -0.2) is 42.5 Å². The number of ether oxygens (including phenoxy) is 1. The van der Waals surface area contributed by atoms with Crippen molar-refractivity contribution in [2.45, 2.75) is 39.2 Å². The first-order chi connectivity index (χ1) is 10.8. The van der Waals surface area contributed by atoms with Gasteiger partial charge in [0.2, 0.25) is 5.91 Å². The normalized spacial score (nSPS) is 22.9. The Labute approximate surface area is 137 Å². The molecule has 3 rings (SSSR count). The minimum absolute atomic E-state index is 0.000653. The van der Waals surface area contributed by atoms with E-state index in [0.29, 0.717) is 31.2 Å². The summed E-state index contributed by atoms with van der Waals surface area (Å²) in [5.41, 5.74) is 1.77. The number of fused-ring (bicyclic) bond motifs is 1. The number of nitrogens with one attached hydrogen (secondary N) is 1. The molecule has 1 aromatic rings. The number of carbonyl (C=O) groups excluding carboxylic acids is 2. The Morgan fingerprint density at radius 3 is 2.83 bits per heavy atom. The SMILES string of the molecule is CC(C)C1CN(C(=O)c2ccc3c(c2)NC(=O)C3(C)C)CCO1. The Kier molecular flexibility index (Phi) is 3.92. The largest absolute Gasteiger partial charge is 0.374 e. The smallest absolute Gasteiger partial charge is 0.254 e. The maximum absolute atomic E-state index is 12.8. The molecule has 0 radical (unpaired) electrons. The molecule has 1 fully saturated rings. The van der Waals surface area contributed by atoms with Crippen molar-refractivity contribution in [3.05, 3.63) is 29.3 Å². The number of benzene rings is 1. The van der Waals surface area contributed by atoms with Crippen LogP contribution < -0.4 is 5.32 Å². The molecule has 5 heteroatoms. The highest BCUT2D eigenvalue weighted by atomic mass is 16.5. The molecule has 1 aromatic carbocycles.